The number of aliphatic imine (C=N–C) groups is 1. The normalized spacial score (nSPS) is 13.9. The van der Waals surface area contributed by atoms with E-state index in [0.29, 0.717) is 75.0 Å². The van der Waals surface area contributed by atoms with Gasteiger partial charge < -0.3 is 31.2 Å². The molecule has 2 atom stereocenters. The Bertz CT molecular complexity index is 1850. The van der Waals surface area contributed by atoms with Crippen LogP contribution in [0.1, 0.15) is 68.7 Å². The smallest absolute Gasteiger partial charge is 0.405 e. The molecule has 0 saturated heterocycles. The predicted octanol–water partition coefficient (Wildman–Crippen LogP) is 6.79. The van der Waals surface area contributed by atoms with Gasteiger partial charge in [-0.2, -0.15) is 18.2 Å². The summed E-state index contributed by atoms with van der Waals surface area (Å²) in [6.45, 7) is 4.82. The first-order chi connectivity index (χ1) is 24.1. The van der Waals surface area contributed by atoms with Crippen LogP contribution in [0.15, 0.2) is 58.4 Å². The molecule has 4 rings (SSSR count). The molecular weight excluding hydrogens is 680 g/mol. The Morgan fingerprint density at radius 1 is 1.08 bits per heavy atom. The molecule has 278 valence electrons. The molecule has 2 unspecified atom stereocenters. The van der Waals surface area contributed by atoms with Crippen LogP contribution in [0.2, 0.25) is 0 Å². The van der Waals surface area contributed by atoms with Gasteiger partial charge in [0, 0.05) is 54.6 Å². The third-order valence-corrected chi connectivity index (χ3v) is 8.10. The first-order valence-electron chi connectivity index (χ1n) is 16.6. The van der Waals surface area contributed by atoms with Gasteiger partial charge in [-0.1, -0.05) is 19.4 Å². The minimum absolute atomic E-state index is 0.0520. The van der Waals surface area contributed by atoms with Gasteiger partial charge in [0.15, 0.2) is 0 Å². The second kappa shape index (κ2) is 17.2. The summed E-state index contributed by atoms with van der Waals surface area (Å²) < 4.78 is 93.1. The van der Waals surface area contributed by atoms with Crippen molar-refractivity contribution in [3.63, 3.8) is 0 Å². The lowest BCUT2D eigenvalue weighted by Crippen LogP contribution is -2.26. The van der Waals surface area contributed by atoms with Crippen molar-refractivity contribution in [3.05, 3.63) is 75.8 Å². The molecule has 51 heavy (non-hydrogen) atoms. The number of benzene rings is 2. The predicted molar refractivity (Wildman–Crippen MR) is 184 cm³/mol. The highest BCUT2D eigenvalue weighted by Crippen LogP contribution is 2.36. The number of alkyl halides is 6. The van der Waals surface area contributed by atoms with Gasteiger partial charge >= 0.3 is 18.2 Å². The maximum absolute atomic E-state index is 13.9. The number of H-pyrrole nitrogens is 1. The molecule has 0 saturated carbocycles. The molecule has 0 radical (unpaired) electrons. The summed E-state index contributed by atoms with van der Waals surface area (Å²) >= 11 is 0. The fourth-order valence-electron chi connectivity index (χ4n) is 5.80. The molecule has 16 heteroatoms. The summed E-state index contributed by atoms with van der Waals surface area (Å²) in [6, 6.07) is 8.60. The Balaban J connectivity index is 1.69. The number of ether oxygens (including phenoxy) is 2. The van der Waals surface area contributed by atoms with Gasteiger partial charge in [0.25, 0.3) is 0 Å². The summed E-state index contributed by atoms with van der Waals surface area (Å²) in [5.41, 5.74) is 11.2. The molecule has 2 aromatic heterocycles. The molecule has 6 N–H and O–H groups in total. The summed E-state index contributed by atoms with van der Waals surface area (Å²) in [6.07, 6.45) is -5.05. The fraction of sp³-hybridized carbons (Fsp3) is 0.457. The molecule has 0 bridgehead atoms. The summed E-state index contributed by atoms with van der Waals surface area (Å²) in [7, 11) is 1.52. The van der Waals surface area contributed by atoms with E-state index in [0.717, 1.165) is 22.8 Å². The largest absolute Gasteiger partial charge is 0.573 e. The minimum Gasteiger partial charge on any atom is -0.405 e. The van der Waals surface area contributed by atoms with Gasteiger partial charge in [0.2, 0.25) is 0 Å². The number of nitrogens with zero attached hydrogens (tertiary/aromatic N) is 3. The Kier molecular flexibility index (Phi) is 13.3. The zero-order valence-electron chi connectivity index (χ0n) is 28.6. The maximum Gasteiger partial charge on any atom is 0.573 e. The molecule has 0 amide bonds. The van der Waals surface area contributed by atoms with E-state index in [4.69, 9.17) is 16.2 Å². The molecule has 10 nitrogen and oxygen atoms in total. The van der Waals surface area contributed by atoms with Crippen LogP contribution in [0.5, 0.6) is 5.75 Å². The van der Waals surface area contributed by atoms with Crippen molar-refractivity contribution in [2.45, 2.75) is 77.0 Å². The lowest BCUT2D eigenvalue weighted by molar-refractivity contribution is -0.275. The van der Waals surface area contributed by atoms with Crippen LogP contribution in [0.25, 0.3) is 28.0 Å². The Labute approximate surface area is 291 Å². The van der Waals surface area contributed by atoms with Crippen LogP contribution < -0.4 is 27.2 Å². The van der Waals surface area contributed by atoms with E-state index in [2.05, 4.69) is 25.0 Å². The number of methoxy groups -OCH3 is 1. The van der Waals surface area contributed by atoms with Gasteiger partial charge in [0.1, 0.15) is 11.4 Å². The number of rotatable bonds is 17. The van der Waals surface area contributed by atoms with E-state index in [1.807, 2.05) is 6.92 Å². The second-order valence-corrected chi connectivity index (χ2v) is 12.3. The van der Waals surface area contributed by atoms with Crippen LogP contribution in [0.3, 0.4) is 0 Å². The van der Waals surface area contributed by atoms with Crippen LogP contribution in [-0.4, -0.2) is 59.6 Å². The summed E-state index contributed by atoms with van der Waals surface area (Å²) in [4.78, 5) is 24.3. The van der Waals surface area contributed by atoms with Crippen LogP contribution in [0, 0.1) is 0 Å². The minimum atomic E-state index is -5.01. The number of aryl methyl sites for hydroxylation is 1. The second-order valence-electron chi connectivity index (χ2n) is 12.3. The molecule has 0 fully saturated rings. The highest BCUT2D eigenvalue weighted by Gasteiger charge is 2.34. The number of aromatic nitrogens is 3. The first kappa shape index (κ1) is 39.4. The van der Waals surface area contributed by atoms with E-state index >= 15 is 0 Å². The SMILES string of the molecule is CCCC(NCCCN=C(C)N)c1ccc(-n2cc3cc(-c4cc(CCCC(N)COC)cc(C(F)(F)F)c4)[nH]c3nc2=O)cc1OC(F)(F)F. The van der Waals surface area contributed by atoms with Crippen molar-refractivity contribution in [2.75, 3.05) is 26.8 Å². The van der Waals surface area contributed by atoms with Crippen molar-refractivity contribution in [2.24, 2.45) is 16.5 Å². The van der Waals surface area contributed by atoms with Crippen molar-refractivity contribution in [1.29, 1.82) is 0 Å². The van der Waals surface area contributed by atoms with E-state index in [1.54, 1.807) is 13.0 Å². The number of nitrogens with two attached hydrogens (primary N) is 2. The van der Waals surface area contributed by atoms with E-state index < -0.39 is 35.6 Å². The zero-order chi connectivity index (χ0) is 37.3. The van der Waals surface area contributed by atoms with Crippen molar-refractivity contribution in [1.82, 2.24) is 19.9 Å². The average Bonchev–Trinajstić information content (AvgIpc) is 3.45. The molecule has 0 aliphatic carbocycles. The van der Waals surface area contributed by atoms with Crippen LogP contribution in [-0.2, 0) is 17.3 Å². The number of hydrogen-bond donors (Lipinski definition) is 4. The molecule has 4 aromatic rings. The Hall–Kier alpha value is -4.41. The highest BCUT2D eigenvalue weighted by molar-refractivity contribution is 5.83. The Morgan fingerprint density at radius 2 is 1.84 bits per heavy atom. The number of aromatic amines is 1. The third-order valence-electron chi connectivity index (χ3n) is 8.10. The number of hydrogen-bond acceptors (Lipinski definition) is 7. The van der Waals surface area contributed by atoms with Gasteiger partial charge in [-0.05, 0) is 87.0 Å². The summed E-state index contributed by atoms with van der Waals surface area (Å²) in [5, 5.41) is 3.61. The third kappa shape index (κ3) is 11.3. The number of nitrogens with one attached hydrogen (secondary N) is 2. The molecule has 2 heterocycles. The van der Waals surface area contributed by atoms with Gasteiger partial charge in [-0.3, -0.25) is 9.56 Å². The van der Waals surface area contributed by atoms with E-state index in [1.165, 1.54) is 31.5 Å². The average molecular weight is 724 g/mol. The number of halogens is 6. The standard InChI is InChI=1S/C35H43F6N7O3/c1-4-7-29(45-13-6-12-44-21(2)42)28-11-10-27(18-31(28)51-35(39,40)41)48-19-24-17-30(46-32(24)47-33(48)49)23-14-22(8-5-9-26(43)20-50-3)15-25(16-23)34(36,37)38/h10-11,14-19,26,29,45H,4-9,12-13,20,43H2,1-3H3,(H2,42,44)(H,46,47,49). The molecular formula is C35H43F6N7O3. The lowest BCUT2D eigenvalue weighted by Gasteiger charge is -2.23. The molecule has 0 aliphatic heterocycles. The van der Waals surface area contributed by atoms with E-state index in [-0.39, 0.29) is 34.2 Å². The van der Waals surface area contributed by atoms with Gasteiger partial charge in [-0.15, -0.1) is 13.2 Å². The molecule has 0 spiro atoms. The van der Waals surface area contributed by atoms with Crippen molar-refractivity contribution < 1.29 is 35.8 Å². The van der Waals surface area contributed by atoms with Crippen molar-refractivity contribution >= 4 is 16.9 Å². The highest BCUT2D eigenvalue weighted by atomic mass is 19.4. The summed E-state index contributed by atoms with van der Waals surface area (Å²) in [5.74, 6) is -0.0469. The molecule has 2 aromatic carbocycles. The van der Waals surface area contributed by atoms with Gasteiger partial charge in [-0.25, -0.2) is 4.79 Å². The zero-order valence-corrected chi connectivity index (χ0v) is 28.6. The topological polar surface area (TPSA) is 146 Å². The lowest BCUT2D eigenvalue weighted by atomic mass is 9.98. The van der Waals surface area contributed by atoms with Crippen molar-refractivity contribution in [3.8, 4) is 22.7 Å². The van der Waals surface area contributed by atoms with Gasteiger partial charge in [0.05, 0.1) is 23.7 Å². The first-order valence-corrected chi connectivity index (χ1v) is 16.6. The fourth-order valence-corrected chi connectivity index (χ4v) is 5.80. The number of fused-ring (bicyclic) bond motifs is 1. The van der Waals surface area contributed by atoms with E-state index in [9.17, 15) is 31.1 Å². The maximum atomic E-state index is 13.9. The quantitative estimate of drug-likeness (QED) is 0.0406. The molecule has 0 aliphatic rings. The monoisotopic (exact) mass is 723 g/mol. The number of amidine groups is 1. The van der Waals surface area contributed by atoms with Crippen LogP contribution >= 0.6 is 0 Å². The van der Waals surface area contributed by atoms with Crippen LogP contribution in [0.4, 0.5) is 26.3 Å². The Morgan fingerprint density at radius 3 is 2.51 bits per heavy atom.